The Labute approximate surface area is 146 Å². The van der Waals surface area contributed by atoms with Crippen molar-refractivity contribution in [3.05, 3.63) is 59.9 Å². The summed E-state index contributed by atoms with van der Waals surface area (Å²) in [5.74, 6) is -0.618. The van der Waals surface area contributed by atoms with E-state index in [0.717, 1.165) is 11.3 Å². The van der Waals surface area contributed by atoms with E-state index in [9.17, 15) is 14.0 Å². The van der Waals surface area contributed by atoms with E-state index >= 15 is 0 Å². The third-order valence-corrected chi connectivity index (χ3v) is 4.57. The summed E-state index contributed by atoms with van der Waals surface area (Å²) in [6.07, 6.45) is 1.43. The van der Waals surface area contributed by atoms with Crippen molar-refractivity contribution >= 4 is 23.2 Å². The van der Waals surface area contributed by atoms with Crippen molar-refractivity contribution in [1.29, 1.82) is 0 Å². The highest BCUT2D eigenvalue weighted by Gasteiger charge is 2.27. The van der Waals surface area contributed by atoms with E-state index in [-0.39, 0.29) is 30.0 Å². The summed E-state index contributed by atoms with van der Waals surface area (Å²) in [5, 5.41) is 2.91. The molecule has 3 rings (SSSR count). The molecule has 0 bridgehead atoms. The molecule has 0 saturated heterocycles. The fourth-order valence-corrected chi connectivity index (χ4v) is 3.20. The molecule has 0 aliphatic carbocycles. The van der Waals surface area contributed by atoms with E-state index in [4.69, 9.17) is 0 Å². The topological polar surface area (TPSA) is 49.4 Å². The summed E-state index contributed by atoms with van der Waals surface area (Å²) in [7, 11) is 0. The van der Waals surface area contributed by atoms with E-state index in [1.165, 1.54) is 12.1 Å². The zero-order valence-corrected chi connectivity index (χ0v) is 14.2. The molecule has 0 aromatic heterocycles. The van der Waals surface area contributed by atoms with Crippen LogP contribution in [-0.4, -0.2) is 18.4 Å². The first kappa shape index (κ1) is 17.1. The monoisotopic (exact) mass is 340 g/mol. The van der Waals surface area contributed by atoms with Crippen molar-refractivity contribution in [3.8, 4) is 0 Å². The highest BCUT2D eigenvalue weighted by molar-refractivity contribution is 5.97. The summed E-state index contributed by atoms with van der Waals surface area (Å²) in [5.41, 5.74) is 2.63. The average molecular weight is 340 g/mol. The quantitative estimate of drug-likeness (QED) is 0.901. The van der Waals surface area contributed by atoms with Gasteiger partial charge < -0.3 is 10.2 Å². The van der Waals surface area contributed by atoms with Crippen LogP contribution in [0.5, 0.6) is 0 Å². The maximum atomic E-state index is 13.1. The molecule has 1 heterocycles. The smallest absolute Gasteiger partial charge is 0.227 e. The molecule has 4 nitrogen and oxygen atoms in total. The van der Waals surface area contributed by atoms with Gasteiger partial charge in [0.05, 0.1) is 0 Å². The Balaban J connectivity index is 1.63. The minimum absolute atomic E-state index is 0.0312. The van der Waals surface area contributed by atoms with Gasteiger partial charge in [0, 0.05) is 30.3 Å². The molecule has 2 aromatic carbocycles. The van der Waals surface area contributed by atoms with Crippen LogP contribution < -0.4 is 10.2 Å². The number of nitrogens with zero attached hydrogens (tertiary/aromatic N) is 1. The number of benzene rings is 2. The molecule has 0 spiro atoms. The van der Waals surface area contributed by atoms with Crippen LogP contribution in [0.2, 0.25) is 0 Å². The molecule has 0 fully saturated rings. The second-order valence-corrected chi connectivity index (χ2v) is 6.20. The third-order valence-electron chi connectivity index (χ3n) is 4.57. The predicted molar refractivity (Wildman–Crippen MR) is 95.9 cm³/mol. The lowest BCUT2D eigenvalue weighted by Crippen LogP contribution is -2.34. The van der Waals surface area contributed by atoms with E-state index in [2.05, 4.69) is 5.32 Å². The van der Waals surface area contributed by atoms with Gasteiger partial charge in [0.25, 0.3) is 0 Å². The number of carbonyl (C=O) groups excluding carboxylic acids is 2. The third kappa shape index (κ3) is 3.87. The number of nitrogens with one attached hydrogen (secondary N) is 1. The summed E-state index contributed by atoms with van der Waals surface area (Å²) in [6, 6.07) is 13.6. The lowest BCUT2D eigenvalue weighted by atomic mass is 9.89. The van der Waals surface area contributed by atoms with Crippen LogP contribution in [0.4, 0.5) is 15.8 Å². The van der Waals surface area contributed by atoms with Crippen LogP contribution >= 0.6 is 0 Å². The number of anilines is 2. The second kappa shape index (κ2) is 7.47. The van der Waals surface area contributed by atoms with Crippen LogP contribution in [0, 0.1) is 11.7 Å². The Morgan fingerprint density at radius 3 is 2.64 bits per heavy atom. The van der Waals surface area contributed by atoms with E-state index in [1.807, 2.05) is 31.2 Å². The van der Waals surface area contributed by atoms with Gasteiger partial charge in [-0.05, 0) is 55.7 Å². The van der Waals surface area contributed by atoms with Gasteiger partial charge in [0.2, 0.25) is 11.8 Å². The van der Waals surface area contributed by atoms with Crippen LogP contribution in [-0.2, 0) is 16.0 Å². The Bertz CT molecular complexity index is 774. The molecule has 1 aliphatic rings. The molecular formula is C20H21FN2O2. The van der Waals surface area contributed by atoms with E-state index in [0.29, 0.717) is 25.1 Å². The van der Waals surface area contributed by atoms with Crippen LogP contribution in [0.3, 0.4) is 0 Å². The van der Waals surface area contributed by atoms with Crippen LogP contribution in [0.15, 0.2) is 48.5 Å². The molecule has 5 heteroatoms. The van der Waals surface area contributed by atoms with Gasteiger partial charge in [-0.1, -0.05) is 18.2 Å². The Morgan fingerprint density at radius 1 is 1.20 bits per heavy atom. The van der Waals surface area contributed by atoms with Crippen molar-refractivity contribution < 1.29 is 14.0 Å². The van der Waals surface area contributed by atoms with Gasteiger partial charge in [0.15, 0.2) is 0 Å². The Kier molecular flexibility index (Phi) is 5.12. The Hall–Kier alpha value is -2.69. The molecule has 130 valence electrons. The molecule has 1 atom stereocenters. The van der Waals surface area contributed by atoms with Crippen molar-refractivity contribution in [2.45, 2.75) is 26.2 Å². The van der Waals surface area contributed by atoms with Gasteiger partial charge in [-0.25, -0.2) is 4.39 Å². The standard InChI is InChI=1S/C20H21FN2O2/c1-2-23(17-10-8-16(21)9-11-17)19(24)12-7-15-13-14-5-3-4-6-18(14)22-20(15)25/h3-6,8-11,15H,2,7,12-13H2,1H3,(H,22,25). The van der Waals surface area contributed by atoms with Crippen LogP contribution in [0.1, 0.15) is 25.3 Å². The molecule has 2 aromatic rings. The number of para-hydroxylation sites is 1. The summed E-state index contributed by atoms with van der Waals surface area (Å²) in [4.78, 5) is 26.4. The fraction of sp³-hybridized carbons (Fsp3) is 0.300. The van der Waals surface area contributed by atoms with Crippen molar-refractivity contribution in [3.63, 3.8) is 0 Å². The number of carbonyl (C=O) groups is 2. The maximum absolute atomic E-state index is 13.1. The van der Waals surface area contributed by atoms with Gasteiger partial charge in [-0.2, -0.15) is 0 Å². The van der Waals surface area contributed by atoms with Crippen LogP contribution in [0.25, 0.3) is 0 Å². The lowest BCUT2D eigenvalue weighted by molar-refractivity contribution is -0.121. The Morgan fingerprint density at radius 2 is 1.92 bits per heavy atom. The highest BCUT2D eigenvalue weighted by Crippen LogP contribution is 2.28. The zero-order valence-electron chi connectivity index (χ0n) is 14.2. The van der Waals surface area contributed by atoms with E-state index in [1.54, 1.807) is 17.0 Å². The van der Waals surface area contributed by atoms with Crippen molar-refractivity contribution in [2.24, 2.45) is 5.92 Å². The van der Waals surface area contributed by atoms with Gasteiger partial charge in [-0.15, -0.1) is 0 Å². The highest BCUT2D eigenvalue weighted by atomic mass is 19.1. The fourth-order valence-electron chi connectivity index (χ4n) is 3.20. The molecule has 1 unspecified atom stereocenters. The minimum Gasteiger partial charge on any atom is -0.326 e. The molecule has 1 aliphatic heterocycles. The minimum atomic E-state index is -0.329. The van der Waals surface area contributed by atoms with E-state index < -0.39 is 0 Å². The van der Waals surface area contributed by atoms with Crippen molar-refractivity contribution in [1.82, 2.24) is 0 Å². The molecule has 0 radical (unpaired) electrons. The number of halogens is 1. The second-order valence-electron chi connectivity index (χ2n) is 6.20. The normalized spacial score (nSPS) is 16.1. The summed E-state index contributed by atoms with van der Waals surface area (Å²) >= 11 is 0. The molecule has 0 saturated carbocycles. The van der Waals surface area contributed by atoms with Gasteiger partial charge in [0.1, 0.15) is 5.82 Å². The number of hydrogen-bond acceptors (Lipinski definition) is 2. The zero-order chi connectivity index (χ0) is 17.8. The number of fused-ring (bicyclic) bond motifs is 1. The first-order valence-corrected chi connectivity index (χ1v) is 8.53. The average Bonchev–Trinajstić information content (AvgIpc) is 2.62. The molecule has 25 heavy (non-hydrogen) atoms. The number of rotatable bonds is 5. The van der Waals surface area contributed by atoms with Crippen molar-refractivity contribution in [2.75, 3.05) is 16.8 Å². The lowest BCUT2D eigenvalue weighted by Gasteiger charge is -2.26. The largest absolute Gasteiger partial charge is 0.326 e. The summed E-state index contributed by atoms with van der Waals surface area (Å²) < 4.78 is 13.1. The van der Waals surface area contributed by atoms with Gasteiger partial charge in [-0.3, -0.25) is 9.59 Å². The number of hydrogen-bond donors (Lipinski definition) is 1. The summed E-state index contributed by atoms with van der Waals surface area (Å²) in [6.45, 7) is 2.38. The molecule has 2 amide bonds. The SMILES string of the molecule is CCN(C(=O)CCC1Cc2ccccc2NC1=O)c1ccc(F)cc1. The first-order chi connectivity index (χ1) is 12.1. The number of amides is 2. The maximum Gasteiger partial charge on any atom is 0.227 e. The van der Waals surface area contributed by atoms with Gasteiger partial charge >= 0.3 is 0 Å². The molecule has 1 N–H and O–H groups in total. The predicted octanol–water partition coefficient (Wildman–Crippen LogP) is 3.77. The first-order valence-electron chi connectivity index (χ1n) is 8.53. The molecular weight excluding hydrogens is 319 g/mol.